The maximum atomic E-state index is 2.35. The van der Waals surface area contributed by atoms with Gasteiger partial charge in [0.25, 0.3) is 0 Å². The van der Waals surface area contributed by atoms with E-state index in [1.807, 2.05) is 26.0 Å². The van der Waals surface area contributed by atoms with Crippen molar-refractivity contribution >= 4 is 22.6 Å². The van der Waals surface area contributed by atoms with Crippen LogP contribution in [-0.2, 0) is 11.5 Å². The predicted octanol–water partition coefficient (Wildman–Crippen LogP) is 2.14. The van der Waals surface area contributed by atoms with Crippen molar-refractivity contribution in [2.75, 3.05) is 21.1 Å². The van der Waals surface area contributed by atoms with Crippen molar-refractivity contribution in [1.29, 1.82) is 0 Å². The lowest BCUT2D eigenvalue weighted by Gasteiger charge is -1.94. The smallest absolute Gasteiger partial charge is 0.0400 e. The van der Waals surface area contributed by atoms with Crippen LogP contribution in [0.5, 0.6) is 0 Å². The van der Waals surface area contributed by atoms with Crippen molar-refractivity contribution in [3.63, 3.8) is 0 Å². The van der Waals surface area contributed by atoms with Gasteiger partial charge >= 0.3 is 0 Å². The van der Waals surface area contributed by atoms with Crippen molar-refractivity contribution in [3.8, 4) is 0 Å². The SMILES string of the molecule is CN(C)C.Cn1cccc1CI. The molecule has 0 aliphatic heterocycles. The summed E-state index contributed by atoms with van der Waals surface area (Å²) in [6, 6.07) is 4.19. The Bertz CT molecular complexity index is 203. The number of rotatable bonds is 1. The fourth-order valence-corrected chi connectivity index (χ4v) is 1.43. The Kier molecular flexibility index (Phi) is 6.47. The molecule has 0 saturated heterocycles. The van der Waals surface area contributed by atoms with Crippen molar-refractivity contribution in [1.82, 2.24) is 9.47 Å². The Labute approximate surface area is 88.7 Å². The highest BCUT2D eigenvalue weighted by Gasteiger charge is 1.89. The molecule has 0 spiro atoms. The molecule has 0 aromatic carbocycles. The second kappa shape index (κ2) is 6.48. The molecule has 0 fully saturated rings. The first-order valence-corrected chi connectivity index (χ1v) is 5.37. The molecule has 70 valence electrons. The summed E-state index contributed by atoms with van der Waals surface area (Å²) in [7, 11) is 8.06. The first-order chi connectivity index (χ1) is 5.57. The number of hydrogen-bond acceptors (Lipinski definition) is 1. The number of aryl methyl sites for hydroxylation is 1. The molecule has 0 atom stereocenters. The molecule has 0 N–H and O–H groups in total. The molecule has 1 rings (SSSR count). The third kappa shape index (κ3) is 5.60. The summed E-state index contributed by atoms with van der Waals surface area (Å²) in [6.45, 7) is 0. The molecule has 0 saturated carbocycles. The summed E-state index contributed by atoms with van der Waals surface area (Å²) in [5.41, 5.74) is 1.38. The Hall–Kier alpha value is -0.0300. The van der Waals surface area contributed by atoms with Crippen LogP contribution in [0.2, 0.25) is 0 Å². The molecule has 1 aromatic rings. The number of nitrogens with zero attached hydrogens (tertiary/aromatic N) is 2. The van der Waals surface area contributed by atoms with Crippen LogP contribution in [-0.4, -0.2) is 30.6 Å². The van der Waals surface area contributed by atoms with Crippen molar-refractivity contribution in [2.45, 2.75) is 4.43 Å². The first kappa shape index (κ1) is 12.0. The second-order valence-corrected chi connectivity index (χ2v) is 3.85. The van der Waals surface area contributed by atoms with Crippen molar-refractivity contribution in [2.24, 2.45) is 7.05 Å². The monoisotopic (exact) mass is 280 g/mol. The maximum Gasteiger partial charge on any atom is 0.0400 e. The standard InChI is InChI=1S/C6H8IN.C3H9N/c1-8-4-2-3-6(8)5-7;1-4(2)3/h2-4H,5H2,1H3;1-3H3. The van der Waals surface area contributed by atoms with Gasteiger partial charge in [-0.05, 0) is 33.3 Å². The lowest BCUT2D eigenvalue weighted by Crippen LogP contribution is -1.99. The maximum absolute atomic E-state index is 2.35. The van der Waals surface area contributed by atoms with E-state index in [4.69, 9.17) is 0 Å². The Morgan fingerprint density at radius 3 is 2.08 bits per heavy atom. The molecule has 12 heavy (non-hydrogen) atoms. The van der Waals surface area contributed by atoms with E-state index in [0.29, 0.717) is 0 Å². The zero-order valence-electron chi connectivity index (χ0n) is 8.21. The van der Waals surface area contributed by atoms with Crippen LogP contribution < -0.4 is 0 Å². The third-order valence-electron chi connectivity index (χ3n) is 1.19. The van der Waals surface area contributed by atoms with Gasteiger partial charge in [-0.15, -0.1) is 0 Å². The van der Waals surface area contributed by atoms with Gasteiger partial charge in [-0.3, -0.25) is 0 Å². The summed E-state index contributed by atoms with van der Waals surface area (Å²) < 4.78 is 3.23. The highest BCUT2D eigenvalue weighted by Crippen LogP contribution is 2.03. The summed E-state index contributed by atoms with van der Waals surface area (Å²) in [4.78, 5) is 2.00. The van der Waals surface area contributed by atoms with E-state index in [1.165, 1.54) is 5.69 Å². The molecular formula is C9H17IN2. The summed E-state index contributed by atoms with van der Waals surface area (Å²) >= 11 is 2.35. The Balaban J connectivity index is 0.000000261. The highest BCUT2D eigenvalue weighted by atomic mass is 127. The number of halogens is 1. The van der Waals surface area contributed by atoms with E-state index in [-0.39, 0.29) is 0 Å². The van der Waals surface area contributed by atoms with E-state index in [2.05, 4.69) is 52.5 Å². The van der Waals surface area contributed by atoms with Gasteiger partial charge in [0.05, 0.1) is 0 Å². The lowest BCUT2D eigenvalue weighted by atomic mass is 10.5. The molecular weight excluding hydrogens is 263 g/mol. The van der Waals surface area contributed by atoms with Crippen LogP contribution in [0.4, 0.5) is 0 Å². The van der Waals surface area contributed by atoms with Gasteiger partial charge in [0, 0.05) is 23.4 Å². The number of hydrogen-bond donors (Lipinski definition) is 0. The van der Waals surface area contributed by atoms with E-state index in [9.17, 15) is 0 Å². The van der Waals surface area contributed by atoms with Gasteiger partial charge < -0.3 is 9.47 Å². The van der Waals surface area contributed by atoms with Crippen LogP contribution in [0, 0.1) is 0 Å². The average Bonchev–Trinajstić information content (AvgIpc) is 2.33. The molecule has 3 heteroatoms. The van der Waals surface area contributed by atoms with Gasteiger partial charge in [0.15, 0.2) is 0 Å². The molecule has 0 unspecified atom stereocenters. The molecule has 0 aliphatic carbocycles. The Morgan fingerprint density at radius 1 is 1.42 bits per heavy atom. The van der Waals surface area contributed by atoms with E-state index < -0.39 is 0 Å². The van der Waals surface area contributed by atoms with Crippen LogP contribution in [0.15, 0.2) is 18.3 Å². The van der Waals surface area contributed by atoms with Crippen molar-refractivity contribution < 1.29 is 0 Å². The fraction of sp³-hybridized carbons (Fsp3) is 0.556. The first-order valence-electron chi connectivity index (χ1n) is 3.85. The van der Waals surface area contributed by atoms with Gasteiger partial charge in [0.2, 0.25) is 0 Å². The second-order valence-electron chi connectivity index (χ2n) is 3.09. The van der Waals surface area contributed by atoms with Crippen LogP contribution in [0.25, 0.3) is 0 Å². The number of alkyl halides is 1. The van der Waals surface area contributed by atoms with Crippen molar-refractivity contribution in [3.05, 3.63) is 24.0 Å². The minimum Gasteiger partial charge on any atom is -0.354 e. The molecule has 0 aliphatic rings. The topological polar surface area (TPSA) is 8.17 Å². The van der Waals surface area contributed by atoms with Crippen LogP contribution in [0.3, 0.4) is 0 Å². The van der Waals surface area contributed by atoms with E-state index in [0.717, 1.165) is 4.43 Å². The van der Waals surface area contributed by atoms with Gasteiger partial charge in [-0.25, -0.2) is 0 Å². The minimum atomic E-state index is 1.10. The summed E-state index contributed by atoms with van der Waals surface area (Å²) in [5, 5.41) is 0. The number of aromatic nitrogens is 1. The van der Waals surface area contributed by atoms with Gasteiger partial charge in [0.1, 0.15) is 0 Å². The predicted molar refractivity (Wildman–Crippen MR) is 62.7 cm³/mol. The summed E-state index contributed by atoms with van der Waals surface area (Å²) in [6.07, 6.45) is 2.06. The fourth-order valence-electron chi connectivity index (χ4n) is 0.635. The molecule has 0 bridgehead atoms. The quantitative estimate of drug-likeness (QED) is 0.565. The van der Waals surface area contributed by atoms with Crippen LogP contribution >= 0.6 is 22.6 Å². The normalized spacial score (nSPS) is 9.50. The lowest BCUT2D eigenvalue weighted by molar-refractivity contribution is 0.505. The molecule has 1 heterocycles. The molecule has 0 amide bonds. The zero-order chi connectivity index (χ0) is 9.56. The minimum absolute atomic E-state index is 1.10. The third-order valence-corrected chi connectivity index (χ3v) is 1.97. The van der Waals surface area contributed by atoms with Gasteiger partial charge in [-0.1, -0.05) is 22.6 Å². The molecule has 0 radical (unpaired) electrons. The largest absolute Gasteiger partial charge is 0.354 e. The Morgan fingerprint density at radius 2 is 1.92 bits per heavy atom. The molecule has 2 nitrogen and oxygen atoms in total. The average molecular weight is 280 g/mol. The van der Waals surface area contributed by atoms with E-state index >= 15 is 0 Å². The van der Waals surface area contributed by atoms with Gasteiger partial charge in [-0.2, -0.15) is 0 Å². The zero-order valence-corrected chi connectivity index (χ0v) is 10.4. The highest BCUT2D eigenvalue weighted by molar-refractivity contribution is 14.1. The molecule has 1 aromatic heterocycles. The van der Waals surface area contributed by atoms with Crippen LogP contribution in [0.1, 0.15) is 5.69 Å². The summed E-state index contributed by atoms with van der Waals surface area (Å²) in [5.74, 6) is 0. The van der Waals surface area contributed by atoms with E-state index in [1.54, 1.807) is 0 Å².